The largest absolute Gasteiger partial charge is 0.416 e. The predicted molar refractivity (Wildman–Crippen MR) is 105 cm³/mol. The summed E-state index contributed by atoms with van der Waals surface area (Å²) in [5.74, 6) is -0.0226. The van der Waals surface area contributed by atoms with Crippen molar-refractivity contribution in [1.29, 1.82) is 0 Å². The van der Waals surface area contributed by atoms with Gasteiger partial charge in [0.05, 0.1) is 11.7 Å². The van der Waals surface area contributed by atoms with Crippen LogP contribution in [0.3, 0.4) is 0 Å². The van der Waals surface area contributed by atoms with Crippen molar-refractivity contribution in [3.8, 4) is 11.4 Å². The maximum Gasteiger partial charge on any atom is 0.416 e. The van der Waals surface area contributed by atoms with E-state index in [-0.39, 0.29) is 30.3 Å². The molecule has 0 spiro atoms. The van der Waals surface area contributed by atoms with E-state index in [1.807, 2.05) is 0 Å². The lowest BCUT2D eigenvalue weighted by atomic mass is 9.86. The average molecular weight is 421 g/mol. The smallest absolute Gasteiger partial charge is 0.396 e. The molecule has 2 fully saturated rings. The first kappa shape index (κ1) is 21.2. The fraction of sp³-hybridized carbons (Fsp3) is 0.545. The van der Waals surface area contributed by atoms with E-state index in [9.17, 15) is 23.4 Å². The first-order valence-corrected chi connectivity index (χ1v) is 10.4. The zero-order valence-electron chi connectivity index (χ0n) is 16.5. The van der Waals surface area contributed by atoms with Crippen molar-refractivity contribution in [2.24, 2.45) is 11.8 Å². The molecule has 0 unspecified atom stereocenters. The monoisotopic (exact) mass is 421 g/mol. The molecule has 8 heteroatoms. The number of hydrogen-bond donors (Lipinski definition) is 3. The number of halogens is 3. The van der Waals surface area contributed by atoms with Crippen LogP contribution in [0.4, 0.5) is 13.2 Å². The van der Waals surface area contributed by atoms with Crippen molar-refractivity contribution >= 4 is 0 Å². The Hall–Kier alpha value is -2.03. The standard InChI is InChI=1S/C22H26F3N3O2/c23-22(24,25)14-4-1-3-13(9-14)21-26-8-7-16(28-21)10-17-18(12-29)20(30)11-19(17)27-15-5-2-6-15/h1,3-4,7-9,15,17-20,27,29-30H,2,5-6,10-12H2/t17-,18-,19-,20-/m1/s1. The number of aromatic nitrogens is 2. The molecule has 0 amide bonds. The Morgan fingerprint density at radius 3 is 2.60 bits per heavy atom. The van der Waals surface area contributed by atoms with Crippen LogP contribution in [0.5, 0.6) is 0 Å². The van der Waals surface area contributed by atoms with E-state index in [2.05, 4.69) is 15.3 Å². The van der Waals surface area contributed by atoms with Gasteiger partial charge in [0, 0.05) is 42.1 Å². The molecule has 2 aliphatic carbocycles. The molecule has 0 aliphatic heterocycles. The van der Waals surface area contributed by atoms with Crippen molar-refractivity contribution in [1.82, 2.24) is 15.3 Å². The molecule has 30 heavy (non-hydrogen) atoms. The molecule has 0 bridgehead atoms. The van der Waals surface area contributed by atoms with Crippen LogP contribution in [0.15, 0.2) is 36.5 Å². The van der Waals surface area contributed by atoms with Gasteiger partial charge in [-0.1, -0.05) is 18.6 Å². The van der Waals surface area contributed by atoms with Crippen LogP contribution < -0.4 is 5.32 Å². The maximum absolute atomic E-state index is 13.0. The van der Waals surface area contributed by atoms with Gasteiger partial charge in [0.25, 0.3) is 0 Å². The summed E-state index contributed by atoms with van der Waals surface area (Å²) in [6, 6.07) is 7.26. The van der Waals surface area contributed by atoms with Crippen molar-refractivity contribution in [3.63, 3.8) is 0 Å². The third-order valence-electron chi connectivity index (χ3n) is 6.43. The molecule has 2 aromatic rings. The highest BCUT2D eigenvalue weighted by atomic mass is 19.4. The number of aliphatic hydroxyl groups excluding tert-OH is 2. The first-order valence-electron chi connectivity index (χ1n) is 10.4. The normalized spacial score (nSPS) is 27.2. The predicted octanol–water partition coefficient (Wildman–Crippen LogP) is 3.20. The SMILES string of the molecule is OC[C@@H]1[C@@H](Cc2ccnc(-c3cccc(C(F)(F)F)c3)n2)[C@H](NC2CCC2)C[C@H]1O. The Kier molecular flexibility index (Phi) is 6.09. The third kappa shape index (κ3) is 4.50. The van der Waals surface area contributed by atoms with Gasteiger partial charge in [-0.2, -0.15) is 13.2 Å². The lowest BCUT2D eigenvalue weighted by molar-refractivity contribution is -0.137. The summed E-state index contributed by atoms with van der Waals surface area (Å²) in [6.45, 7) is -0.111. The number of nitrogens with zero attached hydrogens (tertiary/aromatic N) is 2. The second-order valence-corrected chi connectivity index (χ2v) is 8.37. The van der Waals surface area contributed by atoms with E-state index < -0.39 is 17.8 Å². The number of aliphatic hydroxyl groups is 2. The van der Waals surface area contributed by atoms with E-state index in [1.54, 1.807) is 18.3 Å². The van der Waals surface area contributed by atoms with Gasteiger partial charge in [0.15, 0.2) is 5.82 Å². The van der Waals surface area contributed by atoms with Crippen LogP contribution >= 0.6 is 0 Å². The molecular formula is C22H26F3N3O2. The summed E-state index contributed by atoms with van der Waals surface area (Å²) >= 11 is 0. The molecule has 4 atom stereocenters. The van der Waals surface area contributed by atoms with E-state index >= 15 is 0 Å². The quantitative estimate of drug-likeness (QED) is 0.668. The summed E-state index contributed by atoms with van der Waals surface area (Å²) < 4.78 is 39.1. The van der Waals surface area contributed by atoms with E-state index in [0.717, 1.165) is 25.0 Å². The zero-order chi connectivity index (χ0) is 21.3. The van der Waals surface area contributed by atoms with Crippen LogP contribution in [-0.2, 0) is 12.6 Å². The van der Waals surface area contributed by atoms with Gasteiger partial charge in [-0.15, -0.1) is 0 Å². The van der Waals surface area contributed by atoms with Crippen LogP contribution in [0.25, 0.3) is 11.4 Å². The fourth-order valence-corrected chi connectivity index (χ4v) is 4.54. The Bertz CT molecular complexity index is 873. The van der Waals surface area contributed by atoms with Gasteiger partial charge >= 0.3 is 6.18 Å². The van der Waals surface area contributed by atoms with E-state index in [0.29, 0.717) is 30.1 Å². The molecule has 1 aromatic carbocycles. The molecule has 1 heterocycles. The number of rotatable bonds is 6. The topological polar surface area (TPSA) is 78.3 Å². The minimum absolute atomic E-state index is 0.00476. The molecule has 0 saturated heterocycles. The molecule has 1 aromatic heterocycles. The second-order valence-electron chi connectivity index (χ2n) is 8.37. The Morgan fingerprint density at radius 2 is 1.93 bits per heavy atom. The van der Waals surface area contributed by atoms with Gasteiger partial charge in [-0.25, -0.2) is 9.97 Å². The first-order chi connectivity index (χ1) is 14.3. The number of hydrogen-bond acceptors (Lipinski definition) is 5. The Morgan fingerprint density at radius 1 is 1.13 bits per heavy atom. The van der Waals surface area contributed by atoms with Gasteiger partial charge in [-0.05, 0) is 49.8 Å². The molecular weight excluding hydrogens is 395 g/mol. The minimum Gasteiger partial charge on any atom is -0.396 e. The highest BCUT2D eigenvalue weighted by Crippen LogP contribution is 2.36. The molecule has 4 rings (SSSR count). The Balaban J connectivity index is 1.55. The van der Waals surface area contributed by atoms with Gasteiger partial charge in [0.1, 0.15) is 0 Å². The number of nitrogens with one attached hydrogen (secondary N) is 1. The van der Waals surface area contributed by atoms with Gasteiger partial charge in [-0.3, -0.25) is 0 Å². The maximum atomic E-state index is 13.0. The van der Waals surface area contributed by atoms with E-state index in [1.165, 1.54) is 12.5 Å². The number of benzene rings is 1. The lowest BCUT2D eigenvalue weighted by Crippen LogP contribution is -2.45. The molecule has 2 aliphatic rings. The van der Waals surface area contributed by atoms with Crippen LogP contribution in [0.1, 0.15) is 36.9 Å². The van der Waals surface area contributed by atoms with Crippen molar-refractivity contribution < 1.29 is 23.4 Å². The average Bonchev–Trinajstić information content (AvgIpc) is 2.98. The Labute approximate surface area is 173 Å². The van der Waals surface area contributed by atoms with Crippen molar-refractivity contribution in [3.05, 3.63) is 47.8 Å². The van der Waals surface area contributed by atoms with Crippen LogP contribution in [-0.4, -0.2) is 45.0 Å². The lowest BCUT2D eigenvalue weighted by Gasteiger charge is -2.33. The molecule has 5 nitrogen and oxygen atoms in total. The number of alkyl halides is 3. The summed E-state index contributed by atoms with van der Waals surface area (Å²) in [6.07, 6.45) is 1.08. The summed E-state index contributed by atoms with van der Waals surface area (Å²) in [7, 11) is 0. The highest BCUT2D eigenvalue weighted by Gasteiger charge is 2.43. The zero-order valence-corrected chi connectivity index (χ0v) is 16.5. The fourth-order valence-electron chi connectivity index (χ4n) is 4.54. The minimum atomic E-state index is -4.43. The summed E-state index contributed by atoms with van der Waals surface area (Å²) in [4.78, 5) is 8.66. The molecule has 3 N–H and O–H groups in total. The van der Waals surface area contributed by atoms with Gasteiger partial charge < -0.3 is 15.5 Å². The highest BCUT2D eigenvalue weighted by molar-refractivity contribution is 5.56. The van der Waals surface area contributed by atoms with Crippen LogP contribution in [0, 0.1) is 11.8 Å². The third-order valence-corrected chi connectivity index (χ3v) is 6.43. The summed E-state index contributed by atoms with van der Waals surface area (Å²) in [5.41, 5.74) is 0.259. The second kappa shape index (κ2) is 8.61. The van der Waals surface area contributed by atoms with Crippen LogP contribution in [0.2, 0.25) is 0 Å². The van der Waals surface area contributed by atoms with E-state index in [4.69, 9.17) is 0 Å². The molecule has 0 radical (unpaired) electrons. The van der Waals surface area contributed by atoms with Crippen molar-refractivity contribution in [2.45, 2.75) is 56.5 Å². The summed E-state index contributed by atoms with van der Waals surface area (Å²) in [5, 5.41) is 23.8. The molecule has 162 valence electrons. The van der Waals surface area contributed by atoms with Crippen molar-refractivity contribution in [2.75, 3.05) is 6.61 Å². The van der Waals surface area contributed by atoms with Gasteiger partial charge in [0.2, 0.25) is 0 Å². The molecule has 2 saturated carbocycles.